The van der Waals surface area contributed by atoms with Crippen molar-refractivity contribution >= 4 is 11.4 Å². The summed E-state index contributed by atoms with van der Waals surface area (Å²) >= 11 is 0. The third-order valence-electron chi connectivity index (χ3n) is 5.31. The van der Waals surface area contributed by atoms with Crippen LogP contribution in [0, 0.1) is 0 Å². The van der Waals surface area contributed by atoms with Gasteiger partial charge in [0.2, 0.25) is 0 Å². The molecule has 2 aliphatic heterocycles. The maximum atomic E-state index is 10.2. The van der Waals surface area contributed by atoms with Crippen molar-refractivity contribution in [1.82, 2.24) is 0 Å². The zero-order chi connectivity index (χ0) is 22.0. The van der Waals surface area contributed by atoms with Gasteiger partial charge in [0.05, 0.1) is 24.6 Å². The van der Waals surface area contributed by atoms with Gasteiger partial charge in [0, 0.05) is 0 Å². The lowest BCUT2D eigenvalue weighted by molar-refractivity contribution is -0.222. The Hall–Kier alpha value is -1.58. The zero-order valence-electron chi connectivity index (χ0n) is 15.9. The Balaban J connectivity index is 1.76. The number of nitrogens with one attached hydrogen (secondary N) is 2. The number of para-hydroxylation sites is 2. The predicted molar refractivity (Wildman–Crippen MR) is 101 cm³/mol. The summed E-state index contributed by atoms with van der Waals surface area (Å²) in [6, 6.07) is 6.50. The number of aliphatic hydroxyl groups excluding tert-OH is 8. The van der Waals surface area contributed by atoms with Gasteiger partial charge in [-0.05, 0) is 12.1 Å². The van der Waals surface area contributed by atoms with Crippen LogP contribution in [0.5, 0.6) is 0 Å². The average molecular weight is 432 g/mol. The number of hydrogen-bond donors (Lipinski definition) is 10. The SMILES string of the molecule is OC[C@@H]1O[C@H](Nc2ccccc2N[C@H]2O[C@@H](CO)[C@@H](O)[C@@H](O)[C@H]2O)[C@H](O)[C@H](O)[C@@H]1O. The highest BCUT2D eigenvalue weighted by Gasteiger charge is 2.45. The summed E-state index contributed by atoms with van der Waals surface area (Å²) in [5.74, 6) is 0. The van der Waals surface area contributed by atoms with Crippen LogP contribution < -0.4 is 10.6 Å². The molecule has 170 valence electrons. The van der Waals surface area contributed by atoms with E-state index < -0.39 is 74.5 Å². The first-order chi connectivity index (χ1) is 14.3. The van der Waals surface area contributed by atoms with E-state index in [1.54, 1.807) is 24.3 Å². The molecule has 10 atom stereocenters. The quantitative estimate of drug-likeness (QED) is 0.210. The monoisotopic (exact) mass is 432 g/mol. The molecule has 2 fully saturated rings. The molecule has 0 bridgehead atoms. The molecule has 12 nitrogen and oxygen atoms in total. The minimum Gasteiger partial charge on any atom is -0.394 e. The Morgan fingerprint density at radius 2 is 0.967 bits per heavy atom. The Kier molecular flexibility index (Phi) is 7.47. The van der Waals surface area contributed by atoms with E-state index in [4.69, 9.17) is 9.47 Å². The van der Waals surface area contributed by atoms with E-state index in [1.165, 1.54) is 0 Å². The first-order valence-electron chi connectivity index (χ1n) is 9.51. The van der Waals surface area contributed by atoms with Gasteiger partial charge < -0.3 is 61.0 Å². The summed E-state index contributed by atoms with van der Waals surface area (Å²) in [7, 11) is 0. The molecule has 2 heterocycles. The molecule has 1 aromatic carbocycles. The van der Waals surface area contributed by atoms with E-state index in [2.05, 4.69) is 10.6 Å². The van der Waals surface area contributed by atoms with E-state index >= 15 is 0 Å². The van der Waals surface area contributed by atoms with Gasteiger partial charge >= 0.3 is 0 Å². The number of anilines is 2. The van der Waals surface area contributed by atoms with Gasteiger partial charge in [-0.1, -0.05) is 12.1 Å². The minimum absolute atomic E-state index is 0.346. The molecule has 0 aliphatic carbocycles. The summed E-state index contributed by atoms with van der Waals surface area (Å²) in [4.78, 5) is 0. The molecule has 2 saturated heterocycles. The van der Waals surface area contributed by atoms with Crippen LogP contribution in [0.1, 0.15) is 0 Å². The van der Waals surface area contributed by atoms with Crippen LogP contribution in [0.25, 0.3) is 0 Å². The van der Waals surface area contributed by atoms with E-state index in [9.17, 15) is 40.9 Å². The molecule has 0 aromatic heterocycles. The van der Waals surface area contributed by atoms with Crippen molar-refractivity contribution in [2.75, 3.05) is 23.8 Å². The van der Waals surface area contributed by atoms with Gasteiger partial charge in [0.15, 0.2) is 12.5 Å². The molecule has 0 amide bonds. The lowest BCUT2D eigenvalue weighted by Crippen LogP contribution is -2.61. The summed E-state index contributed by atoms with van der Waals surface area (Å²) in [6.07, 6.45) is -13.7. The largest absolute Gasteiger partial charge is 0.394 e. The van der Waals surface area contributed by atoms with Crippen molar-refractivity contribution in [3.8, 4) is 0 Å². The molecular formula is C18H28N2O10. The lowest BCUT2D eigenvalue weighted by atomic mass is 9.98. The highest BCUT2D eigenvalue weighted by molar-refractivity contribution is 5.69. The molecule has 0 unspecified atom stereocenters. The zero-order valence-corrected chi connectivity index (χ0v) is 15.9. The van der Waals surface area contributed by atoms with Gasteiger partial charge in [-0.2, -0.15) is 0 Å². The van der Waals surface area contributed by atoms with Crippen LogP contribution in [-0.4, -0.2) is 115 Å². The molecule has 0 saturated carbocycles. The fourth-order valence-corrected chi connectivity index (χ4v) is 3.48. The second-order valence-corrected chi connectivity index (χ2v) is 7.33. The van der Waals surface area contributed by atoms with Crippen molar-refractivity contribution < 1.29 is 50.3 Å². The second-order valence-electron chi connectivity index (χ2n) is 7.33. The minimum atomic E-state index is -1.56. The normalized spacial score (nSPS) is 42.0. The second kappa shape index (κ2) is 9.70. The first kappa shape index (κ1) is 23.1. The van der Waals surface area contributed by atoms with Crippen LogP contribution in [0.15, 0.2) is 24.3 Å². The van der Waals surface area contributed by atoms with Crippen LogP contribution in [0.2, 0.25) is 0 Å². The van der Waals surface area contributed by atoms with Gasteiger partial charge in [-0.15, -0.1) is 0 Å². The van der Waals surface area contributed by atoms with Crippen molar-refractivity contribution in [3.63, 3.8) is 0 Å². The smallest absolute Gasteiger partial charge is 0.157 e. The molecule has 0 radical (unpaired) electrons. The summed E-state index contributed by atoms with van der Waals surface area (Å²) < 4.78 is 10.9. The van der Waals surface area contributed by atoms with Crippen LogP contribution >= 0.6 is 0 Å². The average Bonchev–Trinajstić information content (AvgIpc) is 2.75. The van der Waals surface area contributed by atoms with Crippen molar-refractivity contribution in [2.45, 2.75) is 61.3 Å². The molecule has 0 spiro atoms. The highest BCUT2D eigenvalue weighted by atomic mass is 16.6. The molecule has 3 rings (SSSR count). The van der Waals surface area contributed by atoms with Crippen molar-refractivity contribution in [2.24, 2.45) is 0 Å². The predicted octanol–water partition coefficient (Wildman–Crippen LogP) is -3.89. The Labute approximate surface area is 171 Å². The molecule has 30 heavy (non-hydrogen) atoms. The molecule has 2 aliphatic rings. The van der Waals surface area contributed by atoms with Gasteiger partial charge in [0.25, 0.3) is 0 Å². The number of rotatable bonds is 6. The Bertz CT molecular complexity index is 636. The summed E-state index contributed by atoms with van der Waals surface area (Å²) in [6.45, 7) is -1.15. The fraction of sp³-hybridized carbons (Fsp3) is 0.667. The Morgan fingerprint density at radius 3 is 1.30 bits per heavy atom. The number of benzene rings is 1. The van der Waals surface area contributed by atoms with Gasteiger partial charge in [0.1, 0.15) is 48.8 Å². The van der Waals surface area contributed by atoms with Crippen molar-refractivity contribution in [1.29, 1.82) is 0 Å². The van der Waals surface area contributed by atoms with Crippen LogP contribution in [0.3, 0.4) is 0 Å². The molecular weight excluding hydrogens is 404 g/mol. The fourth-order valence-electron chi connectivity index (χ4n) is 3.48. The maximum Gasteiger partial charge on any atom is 0.157 e. The highest BCUT2D eigenvalue weighted by Crippen LogP contribution is 2.30. The van der Waals surface area contributed by atoms with Gasteiger partial charge in [-0.25, -0.2) is 0 Å². The van der Waals surface area contributed by atoms with E-state index in [1.807, 2.05) is 0 Å². The van der Waals surface area contributed by atoms with Crippen LogP contribution in [0.4, 0.5) is 11.4 Å². The third kappa shape index (κ3) is 4.53. The topological polar surface area (TPSA) is 204 Å². The van der Waals surface area contributed by atoms with E-state index in [-0.39, 0.29) is 0 Å². The summed E-state index contributed by atoms with van der Waals surface area (Å²) in [5.41, 5.74) is 0.692. The number of aliphatic hydroxyl groups is 8. The van der Waals surface area contributed by atoms with E-state index in [0.29, 0.717) is 11.4 Å². The van der Waals surface area contributed by atoms with Crippen LogP contribution in [-0.2, 0) is 9.47 Å². The maximum absolute atomic E-state index is 10.2. The standard InChI is InChI=1S/C18H28N2O10/c21-5-9-11(23)13(25)15(27)17(29-9)19-7-3-1-2-4-8(7)20-18-16(28)14(26)12(24)10(6-22)30-18/h1-4,9-28H,5-6H2/t9-,10-,11+,12+,13+,14+,15+,16+,17-,18-/m0/s1. The number of ether oxygens (including phenoxy) is 2. The molecule has 10 N–H and O–H groups in total. The Morgan fingerprint density at radius 1 is 0.600 bits per heavy atom. The van der Waals surface area contributed by atoms with Gasteiger partial charge in [-0.3, -0.25) is 0 Å². The first-order valence-corrected chi connectivity index (χ1v) is 9.51. The number of hydrogen-bond acceptors (Lipinski definition) is 12. The van der Waals surface area contributed by atoms with E-state index in [0.717, 1.165) is 0 Å². The lowest BCUT2D eigenvalue weighted by Gasteiger charge is -2.42. The summed E-state index contributed by atoms with van der Waals surface area (Å²) in [5, 5.41) is 84.4. The molecule has 12 heteroatoms. The third-order valence-corrected chi connectivity index (χ3v) is 5.31. The van der Waals surface area contributed by atoms with Crippen molar-refractivity contribution in [3.05, 3.63) is 24.3 Å². The molecule has 1 aromatic rings.